The van der Waals surface area contributed by atoms with Gasteiger partial charge in [0.15, 0.2) is 0 Å². The van der Waals surface area contributed by atoms with Crippen LogP contribution in [0.2, 0.25) is 0 Å². The van der Waals surface area contributed by atoms with Gasteiger partial charge >= 0.3 is 4.87 Å². The summed E-state index contributed by atoms with van der Waals surface area (Å²) in [5.74, 6) is -0.441. The molecular weight excluding hydrogens is 344 g/mol. The normalized spacial score (nSPS) is 10.3. The van der Waals surface area contributed by atoms with Gasteiger partial charge in [0, 0.05) is 18.0 Å². The molecule has 3 rings (SSSR count). The zero-order valence-corrected chi connectivity index (χ0v) is 13.8. The predicted octanol–water partition coefficient (Wildman–Crippen LogP) is 1.65. The summed E-state index contributed by atoms with van der Waals surface area (Å²) < 4.78 is 5.73. The van der Waals surface area contributed by atoms with Crippen LogP contribution >= 0.6 is 11.3 Å². The Balaban J connectivity index is 1.79. The zero-order chi connectivity index (χ0) is 17.8. The molecule has 0 aliphatic heterocycles. The van der Waals surface area contributed by atoms with Crippen LogP contribution in [0.15, 0.2) is 53.6 Å². The molecule has 0 fully saturated rings. The van der Waals surface area contributed by atoms with Crippen molar-refractivity contribution in [1.82, 2.24) is 14.8 Å². The Hall–Kier alpha value is -3.33. The fourth-order valence-electron chi connectivity index (χ4n) is 1.98. The molecule has 0 aliphatic rings. The number of carbonyl (C=O) groups excluding carboxylic acids is 2. The van der Waals surface area contributed by atoms with E-state index in [2.05, 4.69) is 15.4 Å². The van der Waals surface area contributed by atoms with E-state index in [4.69, 9.17) is 4.74 Å². The van der Waals surface area contributed by atoms with Crippen LogP contribution in [0.4, 0.5) is 5.13 Å². The molecule has 0 bridgehead atoms. The SMILES string of the molecule is COc1ccc(C(=O)Nc2nn(C(=O)c3cccnc3)c(=O)s2)cc1. The van der Waals surface area contributed by atoms with Crippen molar-refractivity contribution in [3.8, 4) is 5.75 Å². The molecule has 0 spiro atoms. The van der Waals surface area contributed by atoms with E-state index in [9.17, 15) is 14.4 Å². The summed E-state index contributed by atoms with van der Waals surface area (Å²) in [4.78, 5) is 39.6. The Morgan fingerprint density at radius 2 is 1.92 bits per heavy atom. The van der Waals surface area contributed by atoms with E-state index in [-0.39, 0.29) is 10.7 Å². The molecule has 9 heteroatoms. The van der Waals surface area contributed by atoms with Gasteiger partial charge in [-0.15, -0.1) is 9.78 Å². The molecular formula is C16H12N4O4S. The zero-order valence-electron chi connectivity index (χ0n) is 13.0. The quantitative estimate of drug-likeness (QED) is 0.762. The maximum absolute atomic E-state index is 12.2. The third-order valence-electron chi connectivity index (χ3n) is 3.22. The van der Waals surface area contributed by atoms with E-state index in [0.717, 1.165) is 0 Å². The van der Waals surface area contributed by atoms with Crippen molar-refractivity contribution in [3.05, 3.63) is 69.6 Å². The summed E-state index contributed by atoms with van der Waals surface area (Å²) in [6.07, 6.45) is 2.85. The van der Waals surface area contributed by atoms with Crippen LogP contribution in [-0.2, 0) is 0 Å². The lowest BCUT2D eigenvalue weighted by atomic mass is 10.2. The first kappa shape index (κ1) is 16.5. The average Bonchev–Trinajstić information content (AvgIpc) is 3.02. The molecule has 8 nitrogen and oxygen atoms in total. The molecule has 2 heterocycles. The van der Waals surface area contributed by atoms with Crippen LogP contribution in [0.1, 0.15) is 20.7 Å². The van der Waals surface area contributed by atoms with E-state index in [0.29, 0.717) is 27.3 Å². The van der Waals surface area contributed by atoms with E-state index in [1.54, 1.807) is 30.3 Å². The number of nitrogens with one attached hydrogen (secondary N) is 1. The van der Waals surface area contributed by atoms with E-state index < -0.39 is 16.7 Å². The number of hydrogen-bond donors (Lipinski definition) is 1. The Morgan fingerprint density at radius 3 is 2.56 bits per heavy atom. The van der Waals surface area contributed by atoms with Crippen LogP contribution in [-0.4, -0.2) is 33.7 Å². The molecule has 0 saturated heterocycles. The summed E-state index contributed by atoms with van der Waals surface area (Å²) in [7, 11) is 1.53. The molecule has 0 unspecified atom stereocenters. The first-order chi connectivity index (χ1) is 12.1. The Labute approximate surface area is 145 Å². The minimum Gasteiger partial charge on any atom is -0.497 e. The number of rotatable bonds is 4. The van der Waals surface area contributed by atoms with Crippen molar-refractivity contribution >= 4 is 28.3 Å². The Bertz CT molecular complexity index is 964. The topological polar surface area (TPSA) is 103 Å². The predicted molar refractivity (Wildman–Crippen MR) is 91.3 cm³/mol. The van der Waals surface area contributed by atoms with Crippen LogP contribution < -0.4 is 14.9 Å². The lowest BCUT2D eigenvalue weighted by Crippen LogP contribution is -2.24. The van der Waals surface area contributed by atoms with Gasteiger partial charge in [-0.3, -0.25) is 24.7 Å². The lowest BCUT2D eigenvalue weighted by molar-refractivity contribution is 0.0939. The van der Waals surface area contributed by atoms with Gasteiger partial charge in [0.05, 0.1) is 12.7 Å². The third-order valence-corrected chi connectivity index (χ3v) is 3.95. The number of anilines is 1. The van der Waals surface area contributed by atoms with E-state index in [1.807, 2.05) is 0 Å². The maximum Gasteiger partial charge on any atom is 0.334 e. The second-order valence-corrected chi connectivity index (χ2v) is 5.75. The summed E-state index contributed by atoms with van der Waals surface area (Å²) in [6.45, 7) is 0. The molecule has 126 valence electrons. The van der Waals surface area contributed by atoms with Crippen LogP contribution in [0.5, 0.6) is 5.75 Å². The molecule has 25 heavy (non-hydrogen) atoms. The average molecular weight is 356 g/mol. The van der Waals surface area contributed by atoms with Gasteiger partial charge in [-0.25, -0.2) is 0 Å². The number of carbonyl (C=O) groups is 2. The molecule has 0 radical (unpaired) electrons. The van der Waals surface area contributed by atoms with Crippen molar-refractivity contribution in [2.24, 2.45) is 0 Å². The van der Waals surface area contributed by atoms with Crippen LogP contribution in [0, 0.1) is 0 Å². The number of hydrogen-bond acceptors (Lipinski definition) is 7. The second kappa shape index (κ2) is 7.05. The largest absolute Gasteiger partial charge is 0.497 e. The molecule has 3 aromatic rings. The van der Waals surface area contributed by atoms with Crippen LogP contribution in [0.3, 0.4) is 0 Å². The van der Waals surface area contributed by atoms with Gasteiger partial charge in [-0.05, 0) is 47.7 Å². The number of ether oxygens (including phenoxy) is 1. The smallest absolute Gasteiger partial charge is 0.334 e. The lowest BCUT2D eigenvalue weighted by Gasteiger charge is -2.03. The highest BCUT2D eigenvalue weighted by molar-refractivity contribution is 7.13. The molecule has 1 amide bonds. The number of methoxy groups -OCH3 is 1. The van der Waals surface area contributed by atoms with Gasteiger partial charge in [-0.1, -0.05) is 0 Å². The summed E-state index contributed by atoms with van der Waals surface area (Å²) in [6, 6.07) is 9.54. The van der Waals surface area contributed by atoms with Crippen molar-refractivity contribution in [3.63, 3.8) is 0 Å². The molecule has 2 aromatic heterocycles. The minimum absolute atomic E-state index is 0.0306. The van der Waals surface area contributed by atoms with Crippen molar-refractivity contribution in [1.29, 1.82) is 0 Å². The van der Waals surface area contributed by atoms with Gasteiger partial charge in [-0.2, -0.15) is 0 Å². The van der Waals surface area contributed by atoms with E-state index in [1.165, 1.54) is 25.6 Å². The molecule has 0 aliphatic carbocycles. The Morgan fingerprint density at radius 1 is 1.16 bits per heavy atom. The monoisotopic (exact) mass is 356 g/mol. The number of benzene rings is 1. The van der Waals surface area contributed by atoms with Gasteiger partial charge in [0.25, 0.3) is 11.8 Å². The molecule has 1 aromatic carbocycles. The van der Waals surface area contributed by atoms with Gasteiger partial charge in [0.1, 0.15) is 5.75 Å². The summed E-state index contributed by atoms with van der Waals surface area (Å²) in [5.41, 5.74) is 0.594. The maximum atomic E-state index is 12.2. The van der Waals surface area contributed by atoms with Crippen molar-refractivity contribution < 1.29 is 14.3 Å². The van der Waals surface area contributed by atoms with Gasteiger partial charge in [0.2, 0.25) is 5.13 Å². The van der Waals surface area contributed by atoms with Gasteiger partial charge < -0.3 is 4.74 Å². The third kappa shape index (κ3) is 3.61. The summed E-state index contributed by atoms with van der Waals surface area (Å²) >= 11 is 0.666. The molecule has 0 atom stereocenters. The first-order valence-corrected chi connectivity index (χ1v) is 7.90. The van der Waals surface area contributed by atoms with Crippen molar-refractivity contribution in [2.45, 2.75) is 0 Å². The number of amides is 1. The van der Waals surface area contributed by atoms with E-state index >= 15 is 0 Å². The minimum atomic E-state index is -0.612. The molecule has 0 saturated carbocycles. The van der Waals surface area contributed by atoms with Crippen molar-refractivity contribution in [2.75, 3.05) is 12.4 Å². The number of aromatic nitrogens is 3. The highest BCUT2D eigenvalue weighted by Gasteiger charge is 2.17. The number of pyridine rings is 1. The highest BCUT2D eigenvalue weighted by Crippen LogP contribution is 2.14. The number of nitrogens with zero attached hydrogens (tertiary/aromatic N) is 3. The fraction of sp³-hybridized carbons (Fsp3) is 0.0625. The Kier molecular flexibility index (Phi) is 4.66. The molecule has 1 N–H and O–H groups in total. The summed E-state index contributed by atoms with van der Waals surface area (Å²) in [5, 5.41) is 6.41. The highest BCUT2D eigenvalue weighted by atomic mass is 32.1. The first-order valence-electron chi connectivity index (χ1n) is 7.09. The van der Waals surface area contributed by atoms with Crippen LogP contribution in [0.25, 0.3) is 0 Å². The standard InChI is InChI=1S/C16H12N4O4S/c1-24-12-6-4-10(5-7-12)13(21)18-15-19-20(16(23)25-15)14(22)11-3-2-8-17-9-11/h2-9H,1H3,(H,18,19,21). The fourth-order valence-corrected chi connectivity index (χ4v) is 2.62. The second-order valence-electron chi connectivity index (χ2n) is 4.81.